The Kier molecular flexibility index (Phi) is 5.52. The molecule has 1 rings (SSSR count). The standard InChI is InChI=1S/C11H15N3O5/c1-3-14-6-5-8(12-14)10(11(16)17)13-19-7-9(15)18-4-2/h5-6H,3-4,7H2,1-2H3,(H,16,17). The monoisotopic (exact) mass is 269 g/mol. The third kappa shape index (κ3) is 4.41. The number of aliphatic carboxylic acids is 1. The Balaban J connectivity index is 2.72. The van der Waals surface area contributed by atoms with Crippen molar-refractivity contribution in [3.8, 4) is 0 Å². The summed E-state index contributed by atoms with van der Waals surface area (Å²) >= 11 is 0. The Labute approximate surface area is 109 Å². The van der Waals surface area contributed by atoms with Crippen molar-refractivity contribution >= 4 is 17.7 Å². The number of aromatic nitrogens is 2. The van der Waals surface area contributed by atoms with Gasteiger partial charge in [0.25, 0.3) is 0 Å². The number of hydrogen-bond acceptors (Lipinski definition) is 6. The first kappa shape index (κ1) is 14.7. The average molecular weight is 269 g/mol. The van der Waals surface area contributed by atoms with Gasteiger partial charge in [0.2, 0.25) is 12.3 Å². The first-order chi connectivity index (χ1) is 9.08. The molecule has 0 atom stereocenters. The van der Waals surface area contributed by atoms with Crippen LogP contribution in [0.5, 0.6) is 0 Å². The van der Waals surface area contributed by atoms with Gasteiger partial charge in [-0.1, -0.05) is 5.16 Å². The maximum Gasteiger partial charge on any atom is 0.360 e. The molecule has 104 valence electrons. The summed E-state index contributed by atoms with van der Waals surface area (Å²) in [6.45, 7) is 3.90. The fourth-order valence-corrected chi connectivity index (χ4v) is 1.21. The SMILES string of the molecule is CCOC(=O)CON=C(C(=O)O)c1ccn(CC)n1. The largest absolute Gasteiger partial charge is 0.476 e. The van der Waals surface area contributed by atoms with Gasteiger partial charge in [0.05, 0.1) is 6.61 Å². The van der Waals surface area contributed by atoms with E-state index in [0.29, 0.717) is 6.54 Å². The summed E-state index contributed by atoms with van der Waals surface area (Å²) in [5, 5.41) is 16.4. The predicted molar refractivity (Wildman–Crippen MR) is 64.7 cm³/mol. The lowest BCUT2D eigenvalue weighted by Gasteiger charge is -2.01. The van der Waals surface area contributed by atoms with Crippen molar-refractivity contribution in [1.29, 1.82) is 0 Å². The fourth-order valence-electron chi connectivity index (χ4n) is 1.21. The molecule has 1 aromatic rings. The number of oxime groups is 1. The second-order valence-electron chi connectivity index (χ2n) is 3.38. The van der Waals surface area contributed by atoms with Crippen LogP contribution < -0.4 is 0 Å². The third-order valence-electron chi connectivity index (χ3n) is 2.05. The topological polar surface area (TPSA) is 103 Å². The van der Waals surface area contributed by atoms with E-state index < -0.39 is 18.5 Å². The van der Waals surface area contributed by atoms with Gasteiger partial charge >= 0.3 is 11.9 Å². The second-order valence-corrected chi connectivity index (χ2v) is 3.38. The molecule has 0 aliphatic carbocycles. The van der Waals surface area contributed by atoms with Crippen molar-refractivity contribution in [1.82, 2.24) is 9.78 Å². The zero-order valence-corrected chi connectivity index (χ0v) is 10.7. The van der Waals surface area contributed by atoms with Crippen LogP contribution in [0.25, 0.3) is 0 Å². The molecule has 1 aromatic heterocycles. The van der Waals surface area contributed by atoms with Crippen molar-refractivity contribution in [2.75, 3.05) is 13.2 Å². The Morgan fingerprint density at radius 2 is 2.21 bits per heavy atom. The Bertz CT molecular complexity index is 480. The van der Waals surface area contributed by atoms with E-state index in [9.17, 15) is 9.59 Å². The van der Waals surface area contributed by atoms with Gasteiger partial charge in [-0.05, 0) is 19.9 Å². The molecule has 0 saturated carbocycles. The number of ether oxygens (including phenoxy) is 1. The van der Waals surface area contributed by atoms with Gasteiger partial charge in [0.15, 0.2) is 0 Å². The third-order valence-corrected chi connectivity index (χ3v) is 2.05. The van der Waals surface area contributed by atoms with Gasteiger partial charge in [-0.2, -0.15) is 5.10 Å². The van der Waals surface area contributed by atoms with E-state index in [0.717, 1.165) is 0 Å². The number of carbonyl (C=O) groups is 2. The summed E-state index contributed by atoms with van der Waals surface area (Å²) in [7, 11) is 0. The molecule has 0 unspecified atom stereocenters. The quantitative estimate of drug-likeness (QED) is 0.433. The highest BCUT2D eigenvalue weighted by Crippen LogP contribution is 2.00. The van der Waals surface area contributed by atoms with Crippen LogP contribution >= 0.6 is 0 Å². The summed E-state index contributed by atoms with van der Waals surface area (Å²) in [6.07, 6.45) is 1.62. The minimum absolute atomic E-state index is 0.165. The van der Waals surface area contributed by atoms with Crippen LogP contribution in [0.1, 0.15) is 19.5 Å². The smallest absolute Gasteiger partial charge is 0.360 e. The van der Waals surface area contributed by atoms with Crippen LogP contribution in [0.3, 0.4) is 0 Å². The number of hydrogen-bond donors (Lipinski definition) is 1. The van der Waals surface area contributed by atoms with Crippen LogP contribution in [0.2, 0.25) is 0 Å². The number of carboxylic acids is 1. The molecule has 0 radical (unpaired) electrons. The molecule has 8 nitrogen and oxygen atoms in total. The Morgan fingerprint density at radius 1 is 1.47 bits per heavy atom. The number of aryl methyl sites for hydroxylation is 1. The van der Waals surface area contributed by atoms with Gasteiger partial charge in [0, 0.05) is 12.7 Å². The van der Waals surface area contributed by atoms with E-state index in [4.69, 9.17) is 5.11 Å². The van der Waals surface area contributed by atoms with E-state index in [1.165, 1.54) is 6.07 Å². The highest BCUT2D eigenvalue weighted by Gasteiger charge is 2.17. The van der Waals surface area contributed by atoms with Gasteiger partial charge in [-0.25, -0.2) is 9.59 Å². The molecule has 0 fully saturated rings. The van der Waals surface area contributed by atoms with Gasteiger partial charge in [0.1, 0.15) is 5.69 Å². The minimum atomic E-state index is -1.29. The summed E-state index contributed by atoms with van der Waals surface area (Å²) in [6, 6.07) is 1.50. The van der Waals surface area contributed by atoms with E-state index in [1.807, 2.05) is 6.92 Å². The van der Waals surface area contributed by atoms with Crippen LogP contribution in [0.4, 0.5) is 0 Å². The molecule has 0 amide bonds. The zero-order valence-electron chi connectivity index (χ0n) is 10.7. The molecular formula is C11H15N3O5. The minimum Gasteiger partial charge on any atom is -0.476 e. The molecule has 0 aliphatic heterocycles. The average Bonchev–Trinajstić information content (AvgIpc) is 2.83. The number of carbonyl (C=O) groups excluding carboxylic acids is 1. The van der Waals surface area contributed by atoms with Crippen molar-refractivity contribution in [3.63, 3.8) is 0 Å². The summed E-state index contributed by atoms with van der Waals surface area (Å²) < 4.78 is 6.17. The van der Waals surface area contributed by atoms with E-state index in [1.54, 1.807) is 17.8 Å². The summed E-state index contributed by atoms with van der Waals surface area (Å²) in [5.41, 5.74) is -0.199. The first-order valence-corrected chi connectivity index (χ1v) is 5.71. The van der Waals surface area contributed by atoms with Crippen LogP contribution in [-0.4, -0.2) is 45.8 Å². The Morgan fingerprint density at radius 3 is 2.74 bits per heavy atom. The fraction of sp³-hybridized carbons (Fsp3) is 0.455. The molecule has 0 aromatic carbocycles. The number of rotatable bonds is 7. The number of carboxylic acid groups (broad SMARTS) is 1. The molecule has 0 aliphatic rings. The maximum atomic E-state index is 11.0. The second kappa shape index (κ2) is 7.14. The van der Waals surface area contributed by atoms with E-state index >= 15 is 0 Å². The van der Waals surface area contributed by atoms with Crippen molar-refractivity contribution in [2.45, 2.75) is 20.4 Å². The molecule has 8 heteroatoms. The summed E-state index contributed by atoms with van der Waals surface area (Å²) in [5.74, 6) is -1.90. The lowest BCUT2D eigenvalue weighted by molar-refractivity contribution is -0.148. The highest BCUT2D eigenvalue weighted by molar-refractivity contribution is 6.41. The van der Waals surface area contributed by atoms with Gasteiger partial charge in [-0.3, -0.25) is 4.68 Å². The highest BCUT2D eigenvalue weighted by atomic mass is 16.7. The van der Waals surface area contributed by atoms with Crippen molar-refractivity contribution in [2.24, 2.45) is 5.16 Å². The van der Waals surface area contributed by atoms with E-state index in [2.05, 4.69) is 19.8 Å². The Hall–Kier alpha value is -2.38. The summed E-state index contributed by atoms with van der Waals surface area (Å²) in [4.78, 5) is 26.7. The molecule has 1 heterocycles. The number of esters is 1. The molecule has 1 N–H and O–H groups in total. The van der Waals surface area contributed by atoms with Gasteiger partial charge in [-0.15, -0.1) is 0 Å². The van der Waals surface area contributed by atoms with Crippen LogP contribution in [0, 0.1) is 0 Å². The van der Waals surface area contributed by atoms with Crippen molar-refractivity contribution in [3.05, 3.63) is 18.0 Å². The first-order valence-electron chi connectivity index (χ1n) is 5.71. The van der Waals surface area contributed by atoms with Gasteiger partial charge < -0.3 is 14.7 Å². The molecule has 0 saturated heterocycles. The molecular weight excluding hydrogens is 254 g/mol. The van der Waals surface area contributed by atoms with Crippen LogP contribution in [-0.2, 0) is 25.7 Å². The zero-order chi connectivity index (χ0) is 14.3. The van der Waals surface area contributed by atoms with Crippen LogP contribution in [0.15, 0.2) is 17.4 Å². The maximum absolute atomic E-state index is 11.0. The predicted octanol–water partition coefficient (Wildman–Crippen LogP) is 0.271. The normalized spacial score (nSPS) is 11.2. The lowest BCUT2D eigenvalue weighted by Crippen LogP contribution is -2.18. The number of nitrogens with zero attached hydrogens (tertiary/aromatic N) is 3. The van der Waals surface area contributed by atoms with Crippen molar-refractivity contribution < 1.29 is 24.3 Å². The molecule has 0 bridgehead atoms. The molecule has 19 heavy (non-hydrogen) atoms. The van der Waals surface area contributed by atoms with E-state index in [-0.39, 0.29) is 18.0 Å². The lowest BCUT2D eigenvalue weighted by atomic mass is 10.3. The molecule has 0 spiro atoms.